The number of anilines is 1. The first-order chi connectivity index (χ1) is 14.8. The summed E-state index contributed by atoms with van der Waals surface area (Å²) in [6, 6.07) is 5.51. The van der Waals surface area contributed by atoms with Gasteiger partial charge in [-0.25, -0.2) is 15.0 Å². The molecule has 2 saturated heterocycles. The molecule has 0 bridgehead atoms. The molecule has 3 aromatic rings. The molecule has 10 heteroatoms. The number of rotatable bonds is 4. The Morgan fingerprint density at radius 3 is 2.74 bits per heavy atom. The van der Waals surface area contributed by atoms with E-state index >= 15 is 0 Å². The second kappa shape index (κ2) is 8.18. The molecule has 0 aliphatic carbocycles. The van der Waals surface area contributed by atoms with Gasteiger partial charge in [-0.1, -0.05) is 11.6 Å². The first kappa shape index (κ1) is 20.9. The van der Waals surface area contributed by atoms with E-state index in [4.69, 9.17) is 11.6 Å². The quantitative estimate of drug-likeness (QED) is 0.516. The van der Waals surface area contributed by atoms with Crippen molar-refractivity contribution in [2.75, 3.05) is 31.1 Å². The third-order valence-electron chi connectivity index (χ3n) is 6.12. The Hall–Kier alpha value is -1.97. The average molecular weight is 468 g/mol. The molecule has 0 spiro atoms. The minimum absolute atomic E-state index is 0.281. The Balaban J connectivity index is 1.31. The fourth-order valence-corrected chi connectivity index (χ4v) is 6.01. The van der Waals surface area contributed by atoms with Crippen LogP contribution in [0, 0.1) is 11.8 Å². The fraction of sp³-hybridized carbons (Fsp3) is 0.476. The molecule has 0 radical (unpaired) electrons. The molecule has 5 rings (SSSR count). The highest BCUT2D eigenvalue weighted by molar-refractivity contribution is 7.18. The van der Waals surface area contributed by atoms with E-state index in [0.717, 1.165) is 67.2 Å². The lowest BCUT2D eigenvalue weighted by Crippen LogP contribution is -2.39. The van der Waals surface area contributed by atoms with E-state index < -0.39 is 12.6 Å². The Morgan fingerprint density at radius 1 is 1.10 bits per heavy atom. The van der Waals surface area contributed by atoms with E-state index in [1.54, 1.807) is 12.3 Å². The maximum atomic E-state index is 12.8. The van der Waals surface area contributed by atoms with Crippen LogP contribution in [0.15, 0.2) is 30.7 Å². The van der Waals surface area contributed by atoms with E-state index in [1.165, 1.54) is 6.33 Å². The smallest absolute Gasteiger partial charge is 0.355 e. The van der Waals surface area contributed by atoms with Gasteiger partial charge in [-0.15, -0.1) is 11.3 Å². The summed E-state index contributed by atoms with van der Waals surface area (Å²) in [6.45, 7) is 4.58. The maximum Gasteiger partial charge on any atom is 0.393 e. The van der Waals surface area contributed by atoms with Gasteiger partial charge in [-0.2, -0.15) is 13.2 Å². The van der Waals surface area contributed by atoms with E-state index in [9.17, 15) is 13.2 Å². The highest BCUT2D eigenvalue weighted by atomic mass is 35.5. The number of alkyl halides is 3. The summed E-state index contributed by atoms with van der Waals surface area (Å²) in [7, 11) is 0. The number of fused-ring (bicyclic) bond motifs is 2. The van der Waals surface area contributed by atoms with Crippen LogP contribution in [-0.4, -0.2) is 52.2 Å². The van der Waals surface area contributed by atoms with Gasteiger partial charge in [0.25, 0.3) is 0 Å². The summed E-state index contributed by atoms with van der Waals surface area (Å²) in [5.41, 5.74) is 1.15. The predicted octanol–water partition coefficient (Wildman–Crippen LogP) is 4.80. The summed E-state index contributed by atoms with van der Waals surface area (Å²) in [6.07, 6.45) is -0.855. The average Bonchev–Trinajstić information content (AvgIpc) is 3.29. The van der Waals surface area contributed by atoms with E-state index in [2.05, 4.69) is 24.8 Å². The first-order valence-corrected chi connectivity index (χ1v) is 11.4. The van der Waals surface area contributed by atoms with Crippen molar-refractivity contribution in [3.63, 3.8) is 0 Å². The van der Waals surface area contributed by atoms with Crippen molar-refractivity contribution in [1.29, 1.82) is 0 Å². The molecule has 2 aliphatic rings. The lowest BCUT2D eigenvalue weighted by molar-refractivity contribution is -0.126. The Bertz CT molecular complexity index is 1090. The molecule has 0 saturated carbocycles. The maximum absolute atomic E-state index is 12.8. The van der Waals surface area contributed by atoms with Gasteiger partial charge in [0.1, 0.15) is 22.1 Å². The molecular formula is C21H21ClF3N5S. The molecule has 2 atom stereocenters. The number of halogens is 4. The summed E-state index contributed by atoms with van der Waals surface area (Å²) >= 11 is 7.12. The molecule has 0 amide bonds. The first-order valence-electron chi connectivity index (χ1n) is 10.2. The van der Waals surface area contributed by atoms with Crippen LogP contribution >= 0.6 is 22.9 Å². The Labute approximate surface area is 186 Å². The van der Waals surface area contributed by atoms with Crippen LogP contribution in [0.3, 0.4) is 0 Å². The number of thiophene rings is 1. The number of hydrogen-bond donors (Lipinski definition) is 0. The number of piperidine rings is 1. The van der Waals surface area contributed by atoms with Crippen molar-refractivity contribution >= 4 is 39.0 Å². The Morgan fingerprint density at radius 2 is 1.94 bits per heavy atom. The van der Waals surface area contributed by atoms with Crippen molar-refractivity contribution in [1.82, 2.24) is 19.9 Å². The largest absolute Gasteiger partial charge is 0.393 e. The monoisotopic (exact) mass is 467 g/mol. The number of nitrogens with zero attached hydrogens (tertiary/aromatic N) is 5. The molecule has 2 aliphatic heterocycles. The van der Waals surface area contributed by atoms with Crippen molar-refractivity contribution in [2.45, 2.75) is 25.6 Å². The molecule has 0 aromatic carbocycles. The van der Waals surface area contributed by atoms with Crippen LogP contribution in [-0.2, 0) is 13.0 Å². The second-order valence-electron chi connectivity index (χ2n) is 8.36. The molecule has 5 heterocycles. The van der Waals surface area contributed by atoms with Crippen LogP contribution in [0.5, 0.6) is 0 Å². The predicted molar refractivity (Wildman–Crippen MR) is 116 cm³/mol. The van der Waals surface area contributed by atoms with Gasteiger partial charge in [0.15, 0.2) is 0 Å². The second-order valence-corrected chi connectivity index (χ2v) is 9.86. The van der Waals surface area contributed by atoms with Crippen molar-refractivity contribution in [3.8, 4) is 0 Å². The highest BCUT2D eigenvalue weighted by Gasteiger charge is 2.38. The third kappa shape index (κ3) is 4.63. The molecule has 5 nitrogen and oxygen atoms in total. The standard InChI is InChI=1S/C21H21ClF3N5S/c22-18-5-13(1-3-26-18)8-29-4-2-14-10-30(11-15(14)9-29)19-17-6-16(7-21(23,24)25)31-20(17)28-12-27-19/h1,3,5-6,12,14-15H,2,4,7-11H2/t14-,15+/m1/s1. The van der Waals surface area contributed by atoms with Crippen LogP contribution in [0.1, 0.15) is 16.9 Å². The van der Waals surface area contributed by atoms with Crippen LogP contribution in [0.2, 0.25) is 5.15 Å². The van der Waals surface area contributed by atoms with Crippen LogP contribution < -0.4 is 4.90 Å². The lowest BCUT2D eigenvalue weighted by Gasteiger charge is -2.34. The molecule has 164 valence electrons. The van der Waals surface area contributed by atoms with Gasteiger partial charge in [0, 0.05) is 37.3 Å². The zero-order chi connectivity index (χ0) is 21.6. The summed E-state index contributed by atoms with van der Waals surface area (Å²) in [5.74, 6) is 1.83. The zero-order valence-corrected chi connectivity index (χ0v) is 18.2. The van der Waals surface area contributed by atoms with E-state index in [0.29, 0.717) is 21.8 Å². The summed E-state index contributed by atoms with van der Waals surface area (Å²) in [4.78, 5) is 18.3. The molecule has 3 aromatic heterocycles. The van der Waals surface area contributed by atoms with Crippen LogP contribution in [0.4, 0.5) is 19.0 Å². The molecular weight excluding hydrogens is 447 g/mol. The van der Waals surface area contributed by atoms with Crippen molar-refractivity contribution in [2.24, 2.45) is 11.8 Å². The topological polar surface area (TPSA) is 45.2 Å². The van der Waals surface area contributed by atoms with Gasteiger partial charge in [-0.3, -0.25) is 4.90 Å². The Kier molecular flexibility index (Phi) is 5.52. The van der Waals surface area contributed by atoms with Gasteiger partial charge in [0.05, 0.1) is 11.8 Å². The fourth-order valence-electron chi connectivity index (χ4n) is 4.79. The molecule has 0 N–H and O–H groups in total. The van der Waals surface area contributed by atoms with Crippen LogP contribution in [0.25, 0.3) is 10.2 Å². The molecule has 0 unspecified atom stereocenters. The summed E-state index contributed by atoms with van der Waals surface area (Å²) < 4.78 is 38.5. The van der Waals surface area contributed by atoms with Crippen molar-refractivity contribution < 1.29 is 13.2 Å². The van der Waals surface area contributed by atoms with Gasteiger partial charge >= 0.3 is 6.18 Å². The summed E-state index contributed by atoms with van der Waals surface area (Å²) in [5, 5.41) is 1.24. The van der Waals surface area contributed by atoms with E-state index in [-0.39, 0.29) is 4.88 Å². The number of pyridine rings is 1. The highest BCUT2D eigenvalue weighted by Crippen LogP contribution is 2.38. The third-order valence-corrected chi connectivity index (χ3v) is 7.37. The van der Waals surface area contributed by atoms with Gasteiger partial charge in [-0.05, 0) is 48.6 Å². The minimum Gasteiger partial charge on any atom is -0.355 e. The van der Waals surface area contributed by atoms with E-state index in [1.807, 2.05) is 12.1 Å². The SMILES string of the molecule is FC(F)(F)Cc1cc2c(N3C[C@H]4CCN(Cc5ccnc(Cl)c5)C[C@H]4C3)ncnc2s1. The van der Waals surface area contributed by atoms with Gasteiger partial charge < -0.3 is 4.90 Å². The van der Waals surface area contributed by atoms with Crippen molar-refractivity contribution in [3.05, 3.63) is 46.3 Å². The number of hydrogen-bond acceptors (Lipinski definition) is 6. The molecule has 2 fully saturated rings. The number of likely N-dealkylation sites (tertiary alicyclic amines) is 1. The molecule has 31 heavy (non-hydrogen) atoms. The van der Waals surface area contributed by atoms with Gasteiger partial charge in [0.2, 0.25) is 0 Å². The lowest BCUT2D eigenvalue weighted by atomic mass is 9.88. The zero-order valence-electron chi connectivity index (χ0n) is 16.6. The number of aromatic nitrogens is 3. The minimum atomic E-state index is -4.22. The normalized spacial score (nSPS) is 22.3.